The molecule has 0 bridgehead atoms. The third kappa shape index (κ3) is 4.22. The molecule has 1 N–H and O–H groups in total. The molecule has 3 rings (SSSR count). The zero-order valence-corrected chi connectivity index (χ0v) is 14.4. The van der Waals surface area contributed by atoms with Crippen LogP contribution in [0.4, 0.5) is 10.1 Å². The van der Waals surface area contributed by atoms with Crippen LogP contribution in [-0.4, -0.2) is 13.0 Å². The minimum absolute atomic E-state index is 0.138. The first-order chi connectivity index (χ1) is 13.1. The first kappa shape index (κ1) is 18.0. The number of furan rings is 1. The second kappa shape index (κ2) is 8.02. The van der Waals surface area contributed by atoms with Crippen LogP contribution in [0.3, 0.4) is 0 Å². The molecule has 1 aromatic heterocycles. The number of carbonyl (C=O) groups is 1. The molecular formula is C21H15FN2O3. The third-order valence-corrected chi connectivity index (χ3v) is 3.74. The van der Waals surface area contributed by atoms with Gasteiger partial charge >= 0.3 is 0 Å². The van der Waals surface area contributed by atoms with Crippen LogP contribution in [-0.2, 0) is 4.79 Å². The van der Waals surface area contributed by atoms with E-state index >= 15 is 0 Å². The maximum absolute atomic E-state index is 13.3. The summed E-state index contributed by atoms with van der Waals surface area (Å²) in [7, 11) is 1.49. The fraction of sp³-hybridized carbons (Fsp3) is 0.0476. The minimum Gasteiger partial charge on any atom is -0.495 e. The number of ether oxygens (including phenoxy) is 1. The molecular weight excluding hydrogens is 347 g/mol. The summed E-state index contributed by atoms with van der Waals surface area (Å²) in [6.07, 6.45) is 1.33. The van der Waals surface area contributed by atoms with Crippen LogP contribution in [0.1, 0.15) is 5.76 Å². The molecule has 0 aliphatic carbocycles. The number of hydrogen-bond acceptors (Lipinski definition) is 4. The van der Waals surface area contributed by atoms with Gasteiger partial charge in [0.15, 0.2) is 0 Å². The van der Waals surface area contributed by atoms with Crippen molar-refractivity contribution in [2.75, 3.05) is 12.4 Å². The standard InChI is InChI=1S/C21H15FN2O3/c1-26-20-8-3-2-7-18(20)24-21(25)15(13-23)12-17-9-10-19(27-17)14-5-4-6-16(22)11-14/h2-12H,1H3,(H,24,25)/b15-12+. The van der Waals surface area contributed by atoms with Crippen LogP contribution in [0.5, 0.6) is 5.75 Å². The Bertz CT molecular complexity index is 1050. The molecule has 0 saturated carbocycles. The van der Waals surface area contributed by atoms with Gasteiger partial charge in [0.2, 0.25) is 0 Å². The molecule has 0 saturated heterocycles. The summed E-state index contributed by atoms with van der Waals surface area (Å²) in [4.78, 5) is 12.4. The summed E-state index contributed by atoms with van der Waals surface area (Å²) in [6.45, 7) is 0. The molecule has 6 heteroatoms. The van der Waals surface area contributed by atoms with Crippen LogP contribution >= 0.6 is 0 Å². The number of hydrogen-bond donors (Lipinski definition) is 1. The van der Waals surface area contributed by atoms with Gasteiger partial charge in [0.25, 0.3) is 5.91 Å². The Balaban J connectivity index is 1.82. The van der Waals surface area contributed by atoms with E-state index < -0.39 is 5.91 Å². The highest BCUT2D eigenvalue weighted by Crippen LogP contribution is 2.25. The Hall–Kier alpha value is -3.85. The normalized spacial score (nSPS) is 10.9. The Morgan fingerprint density at radius 2 is 2.00 bits per heavy atom. The van der Waals surface area contributed by atoms with Gasteiger partial charge < -0.3 is 14.5 Å². The molecule has 0 radical (unpaired) electrons. The molecule has 3 aromatic rings. The van der Waals surface area contributed by atoms with Crippen LogP contribution in [0.25, 0.3) is 17.4 Å². The fourth-order valence-electron chi connectivity index (χ4n) is 2.46. The van der Waals surface area contributed by atoms with Crippen LogP contribution in [0, 0.1) is 17.1 Å². The largest absolute Gasteiger partial charge is 0.495 e. The SMILES string of the molecule is COc1ccccc1NC(=O)/C(C#N)=C/c1ccc(-c2cccc(F)c2)o1. The number of benzene rings is 2. The maximum Gasteiger partial charge on any atom is 0.266 e. The van der Waals surface area contributed by atoms with E-state index in [4.69, 9.17) is 9.15 Å². The highest BCUT2D eigenvalue weighted by molar-refractivity contribution is 6.10. The van der Waals surface area contributed by atoms with E-state index in [-0.39, 0.29) is 11.4 Å². The molecule has 0 unspecified atom stereocenters. The van der Waals surface area contributed by atoms with E-state index in [2.05, 4.69) is 5.32 Å². The topological polar surface area (TPSA) is 75.3 Å². The van der Waals surface area contributed by atoms with Gasteiger partial charge in [-0.25, -0.2) is 4.39 Å². The molecule has 1 amide bonds. The Morgan fingerprint density at radius 1 is 1.19 bits per heavy atom. The summed E-state index contributed by atoms with van der Waals surface area (Å²) < 4.78 is 24.1. The molecule has 0 aliphatic heterocycles. The average molecular weight is 362 g/mol. The lowest BCUT2D eigenvalue weighted by Crippen LogP contribution is -2.14. The number of para-hydroxylation sites is 2. The van der Waals surface area contributed by atoms with E-state index in [0.29, 0.717) is 28.5 Å². The van der Waals surface area contributed by atoms with Gasteiger partial charge in [0, 0.05) is 11.6 Å². The lowest BCUT2D eigenvalue weighted by atomic mass is 10.2. The molecule has 5 nitrogen and oxygen atoms in total. The Morgan fingerprint density at radius 3 is 2.74 bits per heavy atom. The number of nitrogens with zero attached hydrogens (tertiary/aromatic N) is 1. The molecule has 1 heterocycles. The van der Waals surface area contributed by atoms with Crippen molar-refractivity contribution in [2.45, 2.75) is 0 Å². The first-order valence-electron chi connectivity index (χ1n) is 8.02. The third-order valence-electron chi connectivity index (χ3n) is 3.74. The minimum atomic E-state index is -0.592. The van der Waals surface area contributed by atoms with E-state index in [0.717, 1.165) is 0 Å². The lowest BCUT2D eigenvalue weighted by molar-refractivity contribution is -0.112. The van der Waals surface area contributed by atoms with Gasteiger partial charge in [-0.2, -0.15) is 5.26 Å². The predicted molar refractivity (Wildman–Crippen MR) is 99.3 cm³/mol. The van der Waals surface area contributed by atoms with Crippen molar-refractivity contribution in [2.24, 2.45) is 0 Å². The van der Waals surface area contributed by atoms with Gasteiger partial charge in [0.05, 0.1) is 12.8 Å². The molecule has 2 aromatic carbocycles. The number of halogens is 1. The number of methoxy groups -OCH3 is 1. The second-order valence-corrected chi connectivity index (χ2v) is 5.54. The van der Waals surface area contributed by atoms with Gasteiger partial charge in [0.1, 0.15) is 34.7 Å². The molecule has 0 fully saturated rings. The smallest absolute Gasteiger partial charge is 0.266 e. The average Bonchev–Trinajstić information content (AvgIpc) is 3.15. The second-order valence-electron chi connectivity index (χ2n) is 5.54. The molecule has 0 aliphatic rings. The molecule has 27 heavy (non-hydrogen) atoms. The van der Waals surface area contributed by atoms with Crippen molar-refractivity contribution in [1.29, 1.82) is 5.26 Å². The Kier molecular flexibility index (Phi) is 5.33. The van der Waals surface area contributed by atoms with Gasteiger partial charge in [-0.1, -0.05) is 24.3 Å². The highest BCUT2D eigenvalue weighted by Gasteiger charge is 2.13. The first-order valence-corrected chi connectivity index (χ1v) is 8.02. The number of carbonyl (C=O) groups excluding carboxylic acids is 1. The summed E-state index contributed by atoms with van der Waals surface area (Å²) in [5.41, 5.74) is 0.874. The lowest BCUT2D eigenvalue weighted by Gasteiger charge is -2.08. The number of nitriles is 1. The maximum atomic E-state index is 13.3. The van der Waals surface area contributed by atoms with Crippen LogP contribution in [0.15, 0.2) is 70.7 Å². The number of rotatable bonds is 5. The van der Waals surface area contributed by atoms with Crippen molar-refractivity contribution in [3.8, 4) is 23.1 Å². The molecule has 0 atom stereocenters. The van der Waals surface area contributed by atoms with E-state index in [1.807, 2.05) is 6.07 Å². The Labute approximate surface area is 155 Å². The van der Waals surface area contributed by atoms with Crippen LogP contribution in [0.2, 0.25) is 0 Å². The summed E-state index contributed by atoms with van der Waals surface area (Å²) in [6, 6.07) is 17.9. The summed E-state index contributed by atoms with van der Waals surface area (Å²) in [5.74, 6) is 0.249. The molecule has 134 valence electrons. The highest BCUT2D eigenvalue weighted by atomic mass is 19.1. The fourth-order valence-corrected chi connectivity index (χ4v) is 2.46. The summed E-state index contributed by atoms with van der Waals surface area (Å²) >= 11 is 0. The van der Waals surface area contributed by atoms with Crippen molar-refractivity contribution in [1.82, 2.24) is 0 Å². The quantitative estimate of drug-likeness (QED) is 0.530. The summed E-state index contributed by atoms with van der Waals surface area (Å²) in [5, 5.41) is 12.0. The van der Waals surface area contributed by atoms with E-state index in [1.54, 1.807) is 48.5 Å². The zero-order chi connectivity index (χ0) is 19.2. The number of nitrogens with one attached hydrogen (secondary N) is 1. The monoisotopic (exact) mass is 362 g/mol. The van der Waals surface area contributed by atoms with Crippen molar-refractivity contribution in [3.63, 3.8) is 0 Å². The van der Waals surface area contributed by atoms with Crippen LogP contribution < -0.4 is 10.1 Å². The van der Waals surface area contributed by atoms with Gasteiger partial charge in [-0.05, 0) is 36.4 Å². The van der Waals surface area contributed by atoms with Gasteiger partial charge in [-0.15, -0.1) is 0 Å². The molecule has 0 spiro atoms. The van der Waals surface area contributed by atoms with Gasteiger partial charge in [-0.3, -0.25) is 4.79 Å². The van der Waals surface area contributed by atoms with Crippen molar-refractivity contribution < 1.29 is 18.3 Å². The van der Waals surface area contributed by atoms with E-state index in [1.165, 1.54) is 25.3 Å². The number of amides is 1. The van der Waals surface area contributed by atoms with E-state index in [9.17, 15) is 14.4 Å². The van der Waals surface area contributed by atoms with Crippen molar-refractivity contribution in [3.05, 3.63) is 77.8 Å². The number of anilines is 1. The van der Waals surface area contributed by atoms with Crippen molar-refractivity contribution >= 4 is 17.7 Å². The zero-order valence-electron chi connectivity index (χ0n) is 14.4. The predicted octanol–water partition coefficient (Wildman–Crippen LogP) is 4.64.